The molecule has 1 amide bonds. The van der Waals surface area contributed by atoms with Crippen molar-refractivity contribution < 1.29 is 9.53 Å². The molecule has 1 aliphatic heterocycles. The van der Waals surface area contributed by atoms with Crippen molar-refractivity contribution >= 4 is 5.91 Å². The Hall–Kier alpha value is -2.21. The van der Waals surface area contributed by atoms with E-state index in [4.69, 9.17) is 14.8 Å². The second kappa shape index (κ2) is 10.6. The molecule has 198 valence electrons. The fraction of sp³-hybridized carbons (Fsp3) is 0.700. The predicted octanol–water partition coefficient (Wildman–Crippen LogP) is 6.34. The first-order chi connectivity index (χ1) is 16.9. The Balaban J connectivity index is 1.77. The number of hydrogen-bond donors (Lipinski definition) is 1. The number of rotatable bonds is 5. The predicted molar refractivity (Wildman–Crippen MR) is 145 cm³/mol. The van der Waals surface area contributed by atoms with E-state index < -0.39 is 0 Å². The Morgan fingerprint density at radius 2 is 1.56 bits per heavy atom. The van der Waals surface area contributed by atoms with Gasteiger partial charge in [0, 0.05) is 31.4 Å². The van der Waals surface area contributed by atoms with Crippen LogP contribution in [0.4, 0.5) is 0 Å². The molecule has 2 aliphatic rings. The Morgan fingerprint density at radius 1 is 0.972 bits per heavy atom. The summed E-state index contributed by atoms with van der Waals surface area (Å²) in [6, 6.07) is 4.69. The number of nitrogens with one attached hydrogen (secondary N) is 1. The van der Waals surface area contributed by atoms with Crippen molar-refractivity contribution in [1.82, 2.24) is 20.1 Å². The van der Waals surface area contributed by atoms with Gasteiger partial charge in [0.2, 0.25) is 5.82 Å². The molecule has 0 unspecified atom stereocenters. The number of hydrogen-bond acceptors (Lipinski definition) is 4. The third-order valence-corrected chi connectivity index (χ3v) is 7.87. The highest BCUT2D eigenvalue weighted by atomic mass is 16.5. The minimum absolute atomic E-state index is 0.00241. The lowest BCUT2D eigenvalue weighted by atomic mass is 9.75. The highest BCUT2D eigenvalue weighted by Crippen LogP contribution is 2.37. The second-order valence-electron chi connectivity index (χ2n) is 13.0. The van der Waals surface area contributed by atoms with Crippen molar-refractivity contribution in [3.63, 3.8) is 0 Å². The number of ether oxygens (including phenoxy) is 1. The molecular formula is C30H46N4O2. The van der Waals surface area contributed by atoms with Crippen LogP contribution in [-0.2, 0) is 22.1 Å². The van der Waals surface area contributed by atoms with Gasteiger partial charge in [-0.25, -0.2) is 9.67 Å². The van der Waals surface area contributed by atoms with Crippen molar-refractivity contribution in [3.8, 4) is 11.4 Å². The maximum atomic E-state index is 13.2. The third kappa shape index (κ3) is 6.19. The summed E-state index contributed by atoms with van der Waals surface area (Å²) in [4.78, 5) is 18.1. The van der Waals surface area contributed by atoms with E-state index in [9.17, 15) is 4.79 Å². The van der Waals surface area contributed by atoms with Crippen LogP contribution in [0.5, 0.6) is 0 Å². The summed E-state index contributed by atoms with van der Waals surface area (Å²) in [6.07, 6.45) is 7.99. The van der Waals surface area contributed by atoms with E-state index in [1.54, 1.807) is 0 Å². The molecule has 4 rings (SSSR count). The zero-order valence-corrected chi connectivity index (χ0v) is 23.5. The third-order valence-electron chi connectivity index (χ3n) is 7.87. The molecule has 6 heteroatoms. The Kier molecular flexibility index (Phi) is 7.94. The van der Waals surface area contributed by atoms with Gasteiger partial charge in [0.1, 0.15) is 0 Å². The number of carbonyl (C=O) groups is 1. The van der Waals surface area contributed by atoms with Crippen molar-refractivity contribution in [2.45, 2.75) is 117 Å². The smallest absolute Gasteiger partial charge is 0.291 e. The van der Waals surface area contributed by atoms with Crippen LogP contribution in [0.25, 0.3) is 11.4 Å². The summed E-state index contributed by atoms with van der Waals surface area (Å²) in [5.41, 5.74) is 5.05. The van der Waals surface area contributed by atoms with Crippen LogP contribution in [0, 0.1) is 12.8 Å². The summed E-state index contributed by atoms with van der Waals surface area (Å²) >= 11 is 0. The molecular weight excluding hydrogens is 448 g/mol. The summed E-state index contributed by atoms with van der Waals surface area (Å²) in [6.45, 7) is 18.0. The quantitative estimate of drug-likeness (QED) is 0.527. The minimum Gasteiger partial charge on any atom is -0.381 e. The number of aromatic nitrogens is 3. The zero-order valence-electron chi connectivity index (χ0n) is 23.5. The van der Waals surface area contributed by atoms with Crippen molar-refractivity contribution in [2.75, 3.05) is 13.2 Å². The Morgan fingerprint density at radius 3 is 2.11 bits per heavy atom. The molecule has 1 aliphatic carbocycles. The van der Waals surface area contributed by atoms with E-state index in [0.29, 0.717) is 19.1 Å². The van der Waals surface area contributed by atoms with Gasteiger partial charge in [-0.05, 0) is 78.2 Å². The number of nitrogens with zero attached hydrogens (tertiary/aromatic N) is 3. The fourth-order valence-corrected chi connectivity index (χ4v) is 5.89. The summed E-state index contributed by atoms with van der Waals surface area (Å²) in [5.74, 6) is 1.50. The molecule has 1 N–H and O–H groups in total. The van der Waals surface area contributed by atoms with Crippen molar-refractivity contribution in [2.24, 2.45) is 5.92 Å². The van der Waals surface area contributed by atoms with Gasteiger partial charge in [-0.2, -0.15) is 0 Å². The number of amides is 1. The van der Waals surface area contributed by atoms with E-state index >= 15 is 0 Å². The molecule has 6 nitrogen and oxygen atoms in total. The zero-order chi connectivity index (χ0) is 26.1. The molecule has 0 radical (unpaired) electrons. The van der Waals surface area contributed by atoms with Crippen LogP contribution < -0.4 is 5.32 Å². The van der Waals surface area contributed by atoms with Gasteiger partial charge in [-0.3, -0.25) is 4.79 Å². The molecule has 1 saturated heterocycles. The van der Waals surface area contributed by atoms with Gasteiger partial charge >= 0.3 is 0 Å². The first-order valence-corrected chi connectivity index (χ1v) is 13.9. The largest absolute Gasteiger partial charge is 0.381 e. The molecule has 0 bridgehead atoms. The molecule has 2 aromatic rings. The van der Waals surface area contributed by atoms with Gasteiger partial charge in [0.15, 0.2) is 5.82 Å². The minimum atomic E-state index is -0.176. The molecule has 1 aromatic heterocycles. The maximum absolute atomic E-state index is 13.2. The van der Waals surface area contributed by atoms with E-state index in [1.165, 1.54) is 48.8 Å². The summed E-state index contributed by atoms with van der Waals surface area (Å²) in [7, 11) is 0. The lowest BCUT2D eigenvalue weighted by Gasteiger charge is -2.30. The van der Waals surface area contributed by atoms with Gasteiger partial charge in [-0.15, -0.1) is 5.10 Å². The van der Waals surface area contributed by atoms with Gasteiger partial charge in [0.25, 0.3) is 5.91 Å². The lowest BCUT2D eigenvalue weighted by Crippen LogP contribution is -2.39. The first-order valence-electron chi connectivity index (χ1n) is 13.9. The standard InChI is InChI=1S/C30H46N4O2/c1-20-24(29(2,3)4)17-22(18-25(20)30(5,6)7)27-32-26(28(35)31-23-13-15-36-16-14-23)33-34(27)19-21-11-9-8-10-12-21/h17-18,21,23H,8-16,19H2,1-7H3,(H,31,35). The van der Waals surface area contributed by atoms with E-state index in [1.807, 2.05) is 4.68 Å². The molecule has 1 saturated carbocycles. The van der Waals surface area contributed by atoms with Crippen LogP contribution >= 0.6 is 0 Å². The lowest BCUT2D eigenvalue weighted by molar-refractivity contribution is 0.0691. The van der Waals surface area contributed by atoms with E-state index in [2.05, 4.69) is 65.9 Å². The molecule has 2 heterocycles. The second-order valence-corrected chi connectivity index (χ2v) is 13.0. The van der Waals surface area contributed by atoms with Crippen LogP contribution in [0.1, 0.15) is 114 Å². The molecule has 36 heavy (non-hydrogen) atoms. The van der Waals surface area contributed by atoms with Gasteiger partial charge in [0.05, 0.1) is 0 Å². The molecule has 0 atom stereocenters. The average molecular weight is 495 g/mol. The molecule has 0 spiro atoms. The van der Waals surface area contributed by atoms with Gasteiger partial charge in [-0.1, -0.05) is 60.8 Å². The first kappa shape index (κ1) is 26.8. The van der Waals surface area contributed by atoms with Crippen LogP contribution in [0.2, 0.25) is 0 Å². The summed E-state index contributed by atoms with van der Waals surface area (Å²) in [5, 5.41) is 7.97. The summed E-state index contributed by atoms with van der Waals surface area (Å²) < 4.78 is 7.48. The van der Waals surface area contributed by atoms with Crippen LogP contribution in [0.3, 0.4) is 0 Å². The number of carbonyl (C=O) groups excluding carboxylic acids is 1. The van der Waals surface area contributed by atoms with Crippen LogP contribution in [-0.4, -0.2) is 39.9 Å². The monoisotopic (exact) mass is 494 g/mol. The number of benzene rings is 1. The Bertz CT molecular complexity index is 1030. The molecule has 1 aromatic carbocycles. The van der Waals surface area contributed by atoms with Gasteiger partial charge < -0.3 is 10.1 Å². The Labute approximate surface area is 217 Å². The maximum Gasteiger partial charge on any atom is 0.291 e. The van der Waals surface area contributed by atoms with Crippen molar-refractivity contribution in [3.05, 3.63) is 34.6 Å². The SMILES string of the molecule is Cc1c(C(C)(C)C)cc(-c2nc(C(=O)NC3CCOCC3)nn2CC2CCCCC2)cc1C(C)(C)C. The normalized spacial score (nSPS) is 18.4. The van der Waals surface area contributed by atoms with E-state index in [0.717, 1.165) is 30.8 Å². The molecule has 2 fully saturated rings. The topological polar surface area (TPSA) is 69.0 Å². The van der Waals surface area contributed by atoms with Crippen LogP contribution in [0.15, 0.2) is 12.1 Å². The van der Waals surface area contributed by atoms with E-state index in [-0.39, 0.29) is 28.6 Å². The highest BCUT2D eigenvalue weighted by molar-refractivity contribution is 5.91. The average Bonchev–Trinajstić information content (AvgIpc) is 3.23. The van der Waals surface area contributed by atoms with Crippen molar-refractivity contribution in [1.29, 1.82) is 0 Å². The fourth-order valence-electron chi connectivity index (χ4n) is 5.89. The highest BCUT2D eigenvalue weighted by Gasteiger charge is 2.28.